The molecule has 0 aromatic heterocycles. The van der Waals surface area contributed by atoms with Gasteiger partial charge >= 0.3 is 0 Å². The van der Waals surface area contributed by atoms with Gasteiger partial charge in [0.2, 0.25) is 5.91 Å². The first-order valence-electron chi connectivity index (χ1n) is 6.47. The molecule has 0 fully saturated rings. The molecule has 0 bridgehead atoms. The van der Waals surface area contributed by atoms with Gasteiger partial charge in [-0.05, 0) is 18.1 Å². The average Bonchev–Trinajstić information content (AvgIpc) is 2.79. The fraction of sp³-hybridized carbons (Fsp3) is 0.500. The molecule has 0 aliphatic carbocycles. The molecule has 0 saturated heterocycles. The Morgan fingerprint density at radius 2 is 2.33 bits per heavy atom. The molecule has 18 heavy (non-hydrogen) atoms. The van der Waals surface area contributed by atoms with Gasteiger partial charge in [0.1, 0.15) is 0 Å². The standard InChI is InChI=1S/C14H20N2O2/c1-2-11(9-17)16-14(18)7-10-8-15-13-6-4-3-5-12(10)13/h3-6,10-11,15,17H,2,7-9H2,1H3,(H,16,18)/t10?,11-/m1/s1. The van der Waals surface area contributed by atoms with Crippen LogP contribution in [0, 0.1) is 0 Å². The molecule has 4 heteroatoms. The topological polar surface area (TPSA) is 61.4 Å². The summed E-state index contributed by atoms with van der Waals surface area (Å²) in [4.78, 5) is 11.9. The lowest BCUT2D eigenvalue weighted by Gasteiger charge is -2.16. The molecule has 0 saturated carbocycles. The number of carbonyl (C=O) groups is 1. The van der Waals surface area contributed by atoms with Crippen LogP contribution in [0.25, 0.3) is 0 Å². The van der Waals surface area contributed by atoms with Crippen LogP contribution in [-0.4, -0.2) is 30.2 Å². The lowest BCUT2D eigenvalue weighted by atomic mass is 9.97. The fourth-order valence-electron chi connectivity index (χ4n) is 2.33. The summed E-state index contributed by atoms with van der Waals surface area (Å²) in [6.45, 7) is 2.76. The molecule has 1 aliphatic heterocycles. The molecule has 0 spiro atoms. The van der Waals surface area contributed by atoms with Crippen LogP contribution in [0.3, 0.4) is 0 Å². The highest BCUT2D eigenvalue weighted by molar-refractivity contribution is 5.78. The summed E-state index contributed by atoms with van der Waals surface area (Å²) >= 11 is 0. The number of nitrogens with one attached hydrogen (secondary N) is 2. The second kappa shape index (κ2) is 5.87. The van der Waals surface area contributed by atoms with E-state index in [9.17, 15) is 4.79 Å². The van der Waals surface area contributed by atoms with Crippen molar-refractivity contribution in [1.82, 2.24) is 5.32 Å². The predicted octanol–water partition coefficient (Wildman–Crippen LogP) is 1.47. The number of rotatable bonds is 5. The Balaban J connectivity index is 1.93. The minimum Gasteiger partial charge on any atom is -0.394 e. The first-order chi connectivity index (χ1) is 8.74. The summed E-state index contributed by atoms with van der Waals surface area (Å²) in [5.74, 6) is 0.247. The molecule has 3 N–H and O–H groups in total. The zero-order valence-corrected chi connectivity index (χ0v) is 10.6. The van der Waals surface area contributed by atoms with Gasteiger partial charge in [0.15, 0.2) is 0 Å². The number of para-hydroxylation sites is 1. The zero-order chi connectivity index (χ0) is 13.0. The first-order valence-corrected chi connectivity index (χ1v) is 6.47. The van der Waals surface area contributed by atoms with Gasteiger partial charge in [-0.25, -0.2) is 0 Å². The van der Waals surface area contributed by atoms with Crippen molar-refractivity contribution in [2.45, 2.75) is 31.7 Å². The van der Waals surface area contributed by atoms with Gasteiger partial charge < -0.3 is 15.7 Å². The largest absolute Gasteiger partial charge is 0.394 e. The second-order valence-corrected chi connectivity index (χ2v) is 4.72. The molecule has 2 atom stereocenters. The highest BCUT2D eigenvalue weighted by Gasteiger charge is 2.24. The molecule has 1 aromatic rings. The maximum atomic E-state index is 11.9. The summed E-state index contributed by atoms with van der Waals surface area (Å²) < 4.78 is 0. The maximum Gasteiger partial charge on any atom is 0.220 e. The molecule has 1 heterocycles. The van der Waals surface area contributed by atoms with E-state index in [-0.39, 0.29) is 24.5 Å². The molecular formula is C14H20N2O2. The summed E-state index contributed by atoms with van der Waals surface area (Å²) in [6.07, 6.45) is 1.22. The molecule has 0 radical (unpaired) electrons. The summed E-state index contributed by atoms with van der Waals surface area (Å²) in [6, 6.07) is 7.97. The van der Waals surface area contributed by atoms with Crippen LogP contribution in [-0.2, 0) is 4.79 Å². The van der Waals surface area contributed by atoms with Crippen LogP contribution >= 0.6 is 0 Å². The van der Waals surface area contributed by atoms with E-state index in [0.717, 1.165) is 18.7 Å². The number of aliphatic hydroxyl groups excluding tert-OH is 1. The van der Waals surface area contributed by atoms with Crippen LogP contribution in [0.1, 0.15) is 31.2 Å². The molecule has 1 unspecified atom stereocenters. The Hall–Kier alpha value is -1.55. The normalized spacial score (nSPS) is 18.9. The maximum absolute atomic E-state index is 11.9. The van der Waals surface area contributed by atoms with Gasteiger partial charge in [0.25, 0.3) is 0 Å². The van der Waals surface area contributed by atoms with Gasteiger partial charge in [-0.2, -0.15) is 0 Å². The summed E-state index contributed by atoms with van der Waals surface area (Å²) in [5.41, 5.74) is 2.34. The third-order valence-corrected chi connectivity index (χ3v) is 3.45. The van der Waals surface area contributed by atoms with Crippen molar-refractivity contribution in [1.29, 1.82) is 0 Å². The van der Waals surface area contributed by atoms with Crippen LogP contribution in [0.2, 0.25) is 0 Å². The Labute approximate surface area is 107 Å². The van der Waals surface area contributed by atoms with E-state index in [1.807, 2.05) is 25.1 Å². The van der Waals surface area contributed by atoms with E-state index in [4.69, 9.17) is 5.11 Å². The van der Waals surface area contributed by atoms with Crippen LogP contribution in [0.15, 0.2) is 24.3 Å². The van der Waals surface area contributed by atoms with E-state index < -0.39 is 0 Å². The van der Waals surface area contributed by atoms with Gasteiger partial charge in [-0.1, -0.05) is 25.1 Å². The first kappa shape index (κ1) is 12.9. The Morgan fingerprint density at radius 3 is 3.06 bits per heavy atom. The minimum absolute atomic E-state index is 0.00173. The molecule has 2 rings (SSSR count). The molecular weight excluding hydrogens is 228 g/mol. The number of aliphatic hydroxyl groups is 1. The highest BCUT2D eigenvalue weighted by atomic mass is 16.3. The monoisotopic (exact) mass is 248 g/mol. The number of carbonyl (C=O) groups excluding carboxylic acids is 1. The van der Waals surface area contributed by atoms with E-state index in [1.165, 1.54) is 5.56 Å². The fourth-order valence-corrected chi connectivity index (χ4v) is 2.33. The Kier molecular flexibility index (Phi) is 4.20. The van der Waals surface area contributed by atoms with Crippen molar-refractivity contribution in [2.75, 3.05) is 18.5 Å². The molecule has 1 aromatic carbocycles. The van der Waals surface area contributed by atoms with Gasteiger partial charge in [0.05, 0.1) is 12.6 Å². The Morgan fingerprint density at radius 1 is 1.56 bits per heavy atom. The molecule has 4 nitrogen and oxygen atoms in total. The number of benzene rings is 1. The SMILES string of the molecule is CC[C@H](CO)NC(=O)CC1CNc2ccccc21. The average molecular weight is 248 g/mol. The lowest BCUT2D eigenvalue weighted by Crippen LogP contribution is -2.37. The third kappa shape index (κ3) is 2.82. The number of hydrogen-bond acceptors (Lipinski definition) is 3. The van der Waals surface area contributed by atoms with E-state index in [2.05, 4.69) is 16.7 Å². The van der Waals surface area contributed by atoms with Crippen molar-refractivity contribution in [3.63, 3.8) is 0 Å². The minimum atomic E-state index is -0.123. The summed E-state index contributed by atoms with van der Waals surface area (Å²) in [7, 11) is 0. The van der Waals surface area contributed by atoms with Gasteiger partial charge in [0, 0.05) is 24.6 Å². The van der Waals surface area contributed by atoms with E-state index in [0.29, 0.717) is 6.42 Å². The van der Waals surface area contributed by atoms with Crippen molar-refractivity contribution >= 4 is 11.6 Å². The Bertz CT molecular complexity index is 416. The van der Waals surface area contributed by atoms with Crippen molar-refractivity contribution < 1.29 is 9.90 Å². The zero-order valence-electron chi connectivity index (χ0n) is 10.6. The number of hydrogen-bond donors (Lipinski definition) is 3. The molecule has 1 amide bonds. The van der Waals surface area contributed by atoms with E-state index in [1.54, 1.807) is 0 Å². The van der Waals surface area contributed by atoms with Gasteiger partial charge in [-0.3, -0.25) is 4.79 Å². The summed E-state index contributed by atoms with van der Waals surface area (Å²) in [5, 5.41) is 15.2. The van der Waals surface area contributed by atoms with Crippen molar-refractivity contribution in [3.8, 4) is 0 Å². The quantitative estimate of drug-likeness (QED) is 0.739. The smallest absolute Gasteiger partial charge is 0.220 e. The van der Waals surface area contributed by atoms with Crippen LogP contribution in [0.4, 0.5) is 5.69 Å². The third-order valence-electron chi connectivity index (χ3n) is 3.45. The number of fused-ring (bicyclic) bond motifs is 1. The second-order valence-electron chi connectivity index (χ2n) is 4.72. The van der Waals surface area contributed by atoms with Gasteiger partial charge in [-0.15, -0.1) is 0 Å². The van der Waals surface area contributed by atoms with Crippen LogP contribution < -0.4 is 10.6 Å². The van der Waals surface area contributed by atoms with Crippen LogP contribution in [0.5, 0.6) is 0 Å². The van der Waals surface area contributed by atoms with Crippen molar-refractivity contribution in [2.24, 2.45) is 0 Å². The highest BCUT2D eigenvalue weighted by Crippen LogP contribution is 2.32. The predicted molar refractivity (Wildman–Crippen MR) is 71.6 cm³/mol. The number of anilines is 1. The lowest BCUT2D eigenvalue weighted by molar-refractivity contribution is -0.122. The number of amides is 1. The van der Waals surface area contributed by atoms with Crippen molar-refractivity contribution in [3.05, 3.63) is 29.8 Å². The molecule has 1 aliphatic rings. The molecule has 98 valence electrons. The van der Waals surface area contributed by atoms with E-state index >= 15 is 0 Å².